The number of carbonyl (C=O) groups is 5. The van der Waals surface area contributed by atoms with Gasteiger partial charge in [0.15, 0.2) is 0 Å². The van der Waals surface area contributed by atoms with Crippen LogP contribution in [0, 0.1) is 17.8 Å². The standard InChI is InChI=1S/C22H40N4O7/c1-7-13(6)18(21(31)24-14(22(32)33)8-9-16(27)28)26-19(29)15(10-11(2)3)25-20(30)17(23)12(4)5/h11-15,17-18H,7-10,23H2,1-6H3,(H,24,31)(H,25,30)(H,26,29)(H,27,28)(H,32,33). The second-order valence-electron chi connectivity index (χ2n) is 9.16. The number of carboxylic acids is 2. The Labute approximate surface area is 195 Å². The van der Waals surface area contributed by atoms with Gasteiger partial charge in [0.05, 0.1) is 6.04 Å². The minimum Gasteiger partial charge on any atom is -0.481 e. The van der Waals surface area contributed by atoms with Crippen LogP contribution in [0.3, 0.4) is 0 Å². The van der Waals surface area contributed by atoms with E-state index in [1.54, 1.807) is 20.8 Å². The van der Waals surface area contributed by atoms with Crippen LogP contribution < -0.4 is 21.7 Å². The molecule has 0 bridgehead atoms. The lowest BCUT2D eigenvalue weighted by atomic mass is 9.96. The molecule has 0 radical (unpaired) electrons. The first-order valence-electron chi connectivity index (χ1n) is 11.3. The highest BCUT2D eigenvalue weighted by atomic mass is 16.4. The third-order valence-corrected chi connectivity index (χ3v) is 5.42. The summed E-state index contributed by atoms with van der Waals surface area (Å²) in [6, 6.07) is -4.21. The van der Waals surface area contributed by atoms with E-state index < -0.39 is 60.2 Å². The third-order valence-electron chi connectivity index (χ3n) is 5.42. The Bertz CT molecular complexity index is 696. The van der Waals surface area contributed by atoms with Gasteiger partial charge in [-0.05, 0) is 30.6 Å². The van der Waals surface area contributed by atoms with Crippen molar-refractivity contribution in [1.29, 1.82) is 0 Å². The lowest BCUT2D eigenvalue weighted by molar-refractivity contribution is -0.143. The highest BCUT2D eigenvalue weighted by Gasteiger charge is 2.33. The van der Waals surface area contributed by atoms with Crippen LogP contribution >= 0.6 is 0 Å². The maximum atomic E-state index is 13.0. The minimum absolute atomic E-state index is 0.0552. The van der Waals surface area contributed by atoms with Gasteiger partial charge in [-0.1, -0.05) is 48.0 Å². The molecule has 0 heterocycles. The summed E-state index contributed by atoms with van der Waals surface area (Å²) in [5.74, 6) is -4.77. The Morgan fingerprint density at radius 3 is 1.79 bits per heavy atom. The summed E-state index contributed by atoms with van der Waals surface area (Å²) in [6.45, 7) is 10.9. The molecule has 3 amide bonds. The van der Waals surface area contributed by atoms with E-state index in [2.05, 4.69) is 16.0 Å². The zero-order valence-electron chi connectivity index (χ0n) is 20.4. The number of nitrogens with one attached hydrogen (secondary N) is 3. The number of nitrogens with two attached hydrogens (primary N) is 1. The summed E-state index contributed by atoms with van der Waals surface area (Å²) in [7, 11) is 0. The largest absolute Gasteiger partial charge is 0.481 e. The molecular formula is C22H40N4O7. The fourth-order valence-electron chi connectivity index (χ4n) is 3.02. The molecule has 0 saturated carbocycles. The van der Waals surface area contributed by atoms with Crippen LogP contribution in [-0.4, -0.2) is 64.0 Å². The molecule has 0 aromatic rings. The van der Waals surface area contributed by atoms with E-state index in [1.807, 2.05) is 20.8 Å². The van der Waals surface area contributed by atoms with Gasteiger partial charge < -0.3 is 31.9 Å². The van der Waals surface area contributed by atoms with E-state index in [-0.39, 0.29) is 24.2 Å². The van der Waals surface area contributed by atoms with E-state index in [9.17, 15) is 29.1 Å². The van der Waals surface area contributed by atoms with Crippen LogP contribution in [0.1, 0.15) is 67.2 Å². The van der Waals surface area contributed by atoms with Crippen molar-refractivity contribution in [2.75, 3.05) is 0 Å². The molecule has 5 unspecified atom stereocenters. The van der Waals surface area contributed by atoms with Gasteiger partial charge >= 0.3 is 11.9 Å². The number of aliphatic carboxylic acids is 2. The summed E-state index contributed by atoms with van der Waals surface area (Å²) in [4.78, 5) is 60.6. The van der Waals surface area contributed by atoms with Crippen LogP contribution in [0.2, 0.25) is 0 Å². The fourth-order valence-corrected chi connectivity index (χ4v) is 3.02. The van der Waals surface area contributed by atoms with Crippen molar-refractivity contribution in [1.82, 2.24) is 16.0 Å². The molecular weight excluding hydrogens is 432 g/mol. The number of carboxylic acid groups (broad SMARTS) is 2. The molecule has 190 valence electrons. The zero-order valence-corrected chi connectivity index (χ0v) is 20.4. The zero-order chi connectivity index (χ0) is 25.9. The summed E-state index contributed by atoms with van der Waals surface area (Å²) in [5, 5.41) is 25.7. The summed E-state index contributed by atoms with van der Waals surface area (Å²) in [6.07, 6.45) is 0.0885. The van der Waals surface area contributed by atoms with Crippen molar-refractivity contribution in [3.63, 3.8) is 0 Å². The molecule has 0 aliphatic heterocycles. The molecule has 0 saturated heterocycles. The van der Waals surface area contributed by atoms with Crippen molar-refractivity contribution in [3.8, 4) is 0 Å². The van der Waals surface area contributed by atoms with Crippen LogP contribution in [-0.2, 0) is 24.0 Å². The molecule has 5 atom stereocenters. The van der Waals surface area contributed by atoms with Crippen LogP contribution in [0.25, 0.3) is 0 Å². The molecule has 0 aromatic heterocycles. The van der Waals surface area contributed by atoms with Crippen molar-refractivity contribution >= 4 is 29.7 Å². The lowest BCUT2D eigenvalue weighted by Gasteiger charge is -2.29. The monoisotopic (exact) mass is 472 g/mol. The minimum atomic E-state index is -1.41. The van der Waals surface area contributed by atoms with Gasteiger partial charge in [-0.15, -0.1) is 0 Å². The van der Waals surface area contributed by atoms with Crippen LogP contribution in [0.5, 0.6) is 0 Å². The number of amides is 3. The lowest BCUT2D eigenvalue weighted by Crippen LogP contribution is -2.59. The summed E-state index contributed by atoms with van der Waals surface area (Å²) >= 11 is 0. The Balaban J connectivity index is 5.57. The van der Waals surface area contributed by atoms with Gasteiger partial charge in [-0.25, -0.2) is 4.79 Å². The van der Waals surface area contributed by atoms with Gasteiger partial charge in [0.1, 0.15) is 18.1 Å². The molecule has 0 aromatic carbocycles. The second kappa shape index (κ2) is 14.5. The third kappa shape index (κ3) is 11.1. The highest BCUT2D eigenvalue weighted by Crippen LogP contribution is 2.12. The van der Waals surface area contributed by atoms with Crippen LogP contribution in [0.4, 0.5) is 0 Å². The number of hydrogen-bond donors (Lipinski definition) is 6. The topological polar surface area (TPSA) is 188 Å². The number of rotatable bonds is 15. The van der Waals surface area contributed by atoms with Crippen molar-refractivity contribution < 1.29 is 34.2 Å². The van der Waals surface area contributed by atoms with Gasteiger partial charge in [0.25, 0.3) is 0 Å². The maximum Gasteiger partial charge on any atom is 0.326 e. The fraction of sp³-hybridized carbons (Fsp3) is 0.773. The molecule has 0 aliphatic rings. The molecule has 0 fully saturated rings. The van der Waals surface area contributed by atoms with E-state index in [0.29, 0.717) is 12.8 Å². The predicted molar refractivity (Wildman–Crippen MR) is 122 cm³/mol. The van der Waals surface area contributed by atoms with Gasteiger partial charge in [0.2, 0.25) is 17.7 Å². The van der Waals surface area contributed by atoms with E-state index >= 15 is 0 Å². The SMILES string of the molecule is CCC(C)C(NC(=O)C(CC(C)C)NC(=O)C(N)C(C)C)C(=O)NC(CCC(=O)O)C(=O)O. The Morgan fingerprint density at radius 1 is 0.818 bits per heavy atom. The molecule has 7 N–H and O–H groups in total. The number of carbonyl (C=O) groups excluding carboxylic acids is 3. The smallest absolute Gasteiger partial charge is 0.326 e. The highest BCUT2D eigenvalue weighted by molar-refractivity contribution is 5.94. The average molecular weight is 473 g/mol. The molecule has 33 heavy (non-hydrogen) atoms. The molecule has 0 rings (SSSR count). The second-order valence-corrected chi connectivity index (χ2v) is 9.16. The van der Waals surface area contributed by atoms with Crippen molar-refractivity contribution in [2.24, 2.45) is 23.5 Å². The Kier molecular flexibility index (Phi) is 13.3. The summed E-state index contributed by atoms with van der Waals surface area (Å²) in [5.41, 5.74) is 5.89. The van der Waals surface area contributed by atoms with Crippen LogP contribution in [0.15, 0.2) is 0 Å². The van der Waals surface area contributed by atoms with E-state index in [1.165, 1.54) is 0 Å². The first-order valence-corrected chi connectivity index (χ1v) is 11.3. The molecule has 11 nitrogen and oxygen atoms in total. The average Bonchev–Trinajstić information content (AvgIpc) is 2.71. The maximum absolute atomic E-state index is 13.0. The predicted octanol–water partition coefficient (Wildman–Crippen LogP) is 0.466. The summed E-state index contributed by atoms with van der Waals surface area (Å²) < 4.78 is 0. The normalized spacial score (nSPS) is 15.8. The van der Waals surface area contributed by atoms with Gasteiger partial charge in [-0.3, -0.25) is 19.2 Å². The number of hydrogen-bond acceptors (Lipinski definition) is 6. The van der Waals surface area contributed by atoms with Crippen molar-refractivity contribution in [2.45, 2.75) is 91.4 Å². The Hall–Kier alpha value is -2.69. The van der Waals surface area contributed by atoms with Gasteiger partial charge in [0, 0.05) is 6.42 Å². The Morgan fingerprint density at radius 2 is 1.36 bits per heavy atom. The van der Waals surface area contributed by atoms with Gasteiger partial charge in [-0.2, -0.15) is 0 Å². The molecule has 0 aliphatic carbocycles. The van der Waals surface area contributed by atoms with E-state index in [0.717, 1.165) is 0 Å². The molecule has 0 spiro atoms. The first-order chi connectivity index (χ1) is 15.2. The first kappa shape index (κ1) is 30.3. The van der Waals surface area contributed by atoms with E-state index in [4.69, 9.17) is 10.8 Å². The molecule has 11 heteroatoms. The van der Waals surface area contributed by atoms with Crippen molar-refractivity contribution in [3.05, 3.63) is 0 Å². The quantitative estimate of drug-likeness (QED) is 0.198.